The molecular weight excluding hydrogens is 345 g/mol. The van der Waals surface area contributed by atoms with E-state index < -0.39 is 28.9 Å². The summed E-state index contributed by atoms with van der Waals surface area (Å²) in [5, 5.41) is 5.47. The summed E-state index contributed by atoms with van der Waals surface area (Å²) in [5.74, 6) is -5.37. The van der Waals surface area contributed by atoms with Gasteiger partial charge in [0.25, 0.3) is 5.91 Å². The first-order valence-corrected chi connectivity index (χ1v) is 7.58. The van der Waals surface area contributed by atoms with E-state index in [1.165, 1.54) is 12.3 Å². The highest BCUT2D eigenvalue weighted by Gasteiger charge is 2.19. The molecule has 0 spiro atoms. The van der Waals surface area contributed by atoms with Crippen molar-refractivity contribution in [1.29, 1.82) is 0 Å². The highest BCUT2D eigenvalue weighted by molar-refractivity contribution is 6.04. The molecule has 2 heterocycles. The summed E-state index contributed by atoms with van der Waals surface area (Å²) in [4.78, 5) is 20.0. The van der Waals surface area contributed by atoms with Crippen LogP contribution in [0.15, 0.2) is 55.0 Å². The van der Waals surface area contributed by atoms with Crippen LogP contribution in [0, 0.1) is 17.5 Å². The molecule has 0 aliphatic carbocycles. The zero-order chi connectivity index (χ0) is 18.5. The third kappa shape index (κ3) is 3.97. The second-order valence-electron chi connectivity index (χ2n) is 5.32. The normalized spacial score (nSPS) is 10.4. The maximum atomic E-state index is 13.6. The van der Waals surface area contributed by atoms with Crippen LogP contribution in [0.5, 0.6) is 0 Å². The van der Waals surface area contributed by atoms with Crippen LogP contribution in [0.2, 0.25) is 0 Å². The molecule has 3 rings (SSSR count). The first-order valence-electron chi connectivity index (χ1n) is 7.58. The molecule has 0 saturated heterocycles. The molecule has 0 radical (unpaired) electrons. The van der Waals surface area contributed by atoms with Crippen molar-refractivity contribution >= 4 is 17.4 Å². The summed E-state index contributed by atoms with van der Waals surface area (Å²) >= 11 is 0. The summed E-state index contributed by atoms with van der Waals surface area (Å²) < 4.78 is 39.8. The molecule has 8 heteroatoms. The number of rotatable bonds is 5. The molecule has 0 bridgehead atoms. The van der Waals surface area contributed by atoms with E-state index in [2.05, 4.69) is 20.6 Å². The van der Waals surface area contributed by atoms with Gasteiger partial charge in [0.1, 0.15) is 5.82 Å². The predicted molar refractivity (Wildman–Crippen MR) is 90.1 cm³/mol. The van der Waals surface area contributed by atoms with Gasteiger partial charge in [0, 0.05) is 18.9 Å². The van der Waals surface area contributed by atoms with Gasteiger partial charge in [-0.15, -0.1) is 0 Å². The number of aromatic nitrogens is 2. The molecule has 1 amide bonds. The summed E-state index contributed by atoms with van der Waals surface area (Å²) in [6.45, 7) is 0.565. The van der Waals surface area contributed by atoms with Gasteiger partial charge in [-0.2, -0.15) is 0 Å². The number of anilines is 2. The Morgan fingerprint density at radius 3 is 2.42 bits per heavy atom. The van der Waals surface area contributed by atoms with E-state index >= 15 is 0 Å². The van der Waals surface area contributed by atoms with Crippen molar-refractivity contribution in [3.8, 4) is 0 Å². The maximum Gasteiger partial charge on any atom is 0.259 e. The second-order valence-corrected chi connectivity index (χ2v) is 5.32. The van der Waals surface area contributed by atoms with Crippen LogP contribution in [0.4, 0.5) is 24.7 Å². The van der Waals surface area contributed by atoms with Crippen LogP contribution in [-0.4, -0.2) is 15.9 Å². The fourth-order valence-corrected chi connectivity index (χ4v) is 2.16. The second kappa shape index (κ2) is 7.64. The van der Waals surface area contributed by atoms with Gasteiger partial charge in [-0.05, 0) is 42.0 Å². The molecule has 2 aromatic heterocycles. The molecule has 3 aromatic rings. The van der Waals surface area contributed by atoms with Crippen LogP contribution in [0.3, 0.4) is 0 Å². The minimum absolute atomic E-state index is 0.147. The molecule has 0 aliphatic heterocycles. The van der Waals surface area contributed by atoms with E-state index in [0.29, 0.717) is 18.3 Å². The zero-order valence-corrected chi connectivity index (χ0v) is 13.3. The van der Waals surface area contributed by atoms with Crippen LogP contribution in [-0.2, 0) is 6.54 Å². The Morgan fingerprint density at radius 1 is 0.962 bits per heavy atom. The van der Waals surface area contributed by atoms with E-state index in [1.54, 1.807) is 18.5 Å². The Kier molecular flexibility index (Phi) is 5.12. The molecule has 0 saturated carbocycles. The van der Waals surface area contributed by atoms with E-state index in [9.17, 15) is 18.0 Å². The van der Waals surface area contributed by atoms with Crippen molar-refractivity contribution in [1.82, 2.24) is 9.97 Å². The van der Waals surface area contributed by atoms with Crippen molar-refractivity contribution in [2.75, 3.05) is 10.6 Å². The van der Waals surface area contributed by atoms with Gasteiger partial charge in [-0.3, -0.25) is 9.78 Å². The Hall–Kier alpha value is -3.42. The van der Waals surface area contributed by atoms with Crippen molar-refractivity contribution in [2.45, 2.75) is 6.54 Å². The Bertz CT molecular complexity index is 918. The van der Waals surface area contributed by atoms with Gasteiger partial charge < -0.3 is 10.6 Å². The van der Waals surface area contributed by atoms with Gasteiger partial charge in [-0.1, -0.05) is 0 Å². The third-order valence-corrected chi connectivity index (χ3v) is 3.53. The highest BCUT2D eigenvalue weighted by Crippen LogP contribution is 2.17. The van der Waals surface area contributed by atoms with Crippen molar-refractivity contribution in [3.63, 3.8) is 0 Å². The molecule has 132 valence electrons. The average molecular weight is 358 g/mol. The number of nitrogens with zero attached hydrogens (tertiary/aromatic N) is 2. The average Bonchev–Trinajstić information content (AvgIpc) is 2.66. The lowest BCUT2D eigenvalue weighted by molar-refractivity contribution is 0.102. The Morgan fingerprint density at radius 2 is 1.73 bits per heavy atom. The number of carbonyl (C=O) groups excluding carboxylic acids is 1. The lowest BCUT2D eigenvalue weighted by atomic mass is 10.2. The molecule has 0 aliphatic rings. The van der Waals surface area contributed by atoms with Crippen molar-refractivity contribution in [2.24, 2.45) is 0 Å². The summed E-state index contributed by atoms with van der Waals surface area (Å²) in [7, 11) is 0. The topological polar surface area (TPSA) is 66.9 Å². The standard InChI is InChI=1S/C18H13F3N4O/c19-14-3-2-13(16(20)17(14)21)18(26)25-15-4-1-12(10-24-15)23-9-11-5-7-22-8-6-11/h1-8,10,23H,9H2,(H,24,25,26). The number of hydrogen-bond donors (Lipinski definition) is 2. The number of nitrogens with one attached hydrogen (secondary N) is 2. The predicted octanol–water partition coefficient (Wildman–Crippen LogP) is 3.76. The molecule has 2 N–H and O–H groups in total. The molecule has 1 aromatic carbocycles. The van der Waals surface area contributed by atoms with Gasteiger partial charge >= 0.3 is 0 Å². The highest BCUT2D eigenvalue weighted by atomic mass is 19.2. The van der Waals surface area contributed by atoms with E-state index in [-0.39, 0.29) is 5.82 Å². The number of amides is 1. The quantitative estimate of drug-likeness (QED) is 0.682. The minimum atomic E-state index is -1.69. The smallest absolute Gasteiger partial charge is 0.259 e. The number of benzene rings is 1. The zero-order valence-electron chi connectivity index (χ0n) is 13.3. The van der Waals surface area contributed by atoms with Crippen molar-refractivity contribution in [3.05, 3.63) is 83.6 Å². The van der Waals surface area contributed by atoms with Gasteiger partial charge in [0.2, 0.25) is 0 Å². The fourth-order valence-electron chi connectivity index (χ4n) is 2.16. The first kappa shape index (κ1) is 17.4. The molecule has 26 heavy (non-hydrogen) atoms. The Labute approximate surface area is 146 Å². The maximum absolute atomic E-state index is 13.6. The van der Waals surface area contributed by atoms with Gasteiger partial charge in [-0.25, -0.2) is 18.2 Å². The van der Waals surface area contributed by atoms with Crippen LogP contribution in [0.1, 0.15) is 15.9 Å². The SMILES string of the molecule is O=C(Nc1ccc(NCc2ccncc2)cn1)c1ccc(F)c(F)c1F. The summed E-state index contributed by atoms with van der Waals surface area (Å²) in [6.07, 6.45) is 4.86. The number of carbonyl (C=O) groups is 1. The number of pyridine rings is 2. The van der Waals surface area contributed by atoms with E-state index in [1.807, 2.05) is 12.1 Å². The third-order valence-electron chi connectivity index (χ3n) is 3.53. The van der Waals surface area contributed by atoms with Gasteiger partial charge in [0.05, 0.1) is 17.4 Å². The molecule has 0 fully saturated rings. The van der Waals surface area contributed by atoms with Crippen LogP contribution >= 0.6 is 0 Å². The molecule has 5 nitrogen and oxygen atoms in total. The largest absolute Gasteiger partial charge is 0.380 e. The van der Waals surface area contributed by atoms with Crippen LogP contribution < -0.4 is 10.6 Å². The number of halogens is 3. The molecule has 0 unspecified atom stereocenters. The molecular formula is C18H13F3N4O. The minimum Gasteiger partial charge on any atom is -0.380 e. The fraction of sp³-hybridized carbons (Fsp3) is 0.0556. The first-order chi connectivity index (χ1) is 12.5. The van der Waals surface area contributed by atoms with Gasteiger partial charge in [0.15, 0.2) is 17.5 Å². The summed E-state index contributed by atoms with van der Waals surface area (Å²) in [5.41, 5.74) is 1.13. The number of hydrogen-bond acceptors (Lipinski definition) is 4. The van der Waals surface area contributed by atoms with Crippen molar-refractivity contribution < 1.29 is 18.0 Å². The molecule has 0 atom stereocenters. The van der Waals surface area contributed by atoms with Crippen LogP contribution in [0.25, 0.3) is 0 Å². The van der Waals surface area contributed by atoms with E-state index in [0.717, 1.165) is 11.6 Å². The lowest BCUT2D eigenvalue weighted by Crippen LogP contribution is -2.16. The summed E-state index contributed by atoms with van der Waals surface area (Å²) in [6, 6.07) is 8.47. The monoisotopic (exact) mass is 358 g/mol. The Balaban J connectivity index is 1.64. The lowest BCUT2D eigenvalue weighted by Gasteiger charge is -2.09. The van der Waals surface area contributed by atoms with E-state index in [4.69, 9.17) is 0 Å².